The third kappa shape index (κ3) is 3.48. The van der Waals surface area contributed by atoms with E-state index >= 15 is 0 Å². The first-order valence-corrected chi connectivity index (χ1v) is 7.23. The molecule has 20 heavy (non-hydrogen) atoms. The van der Waals surface area contributed by atoms with E-state index in [1.165, 1.54) is 0 Å². The number of nitrogens with one attached hydrogen (secondary N) is 1. The summed E-state index contributed by atoms with van der Waals surface area (Å²) in [5.74, 6) is -1.32. The lowest BCUT2D eigenvalue weighted by Crippen LogP contribution is -2.47. The van der Waals surface area contributed by atoms with Crippen molar-refractivity contribution in [3.63, 3.8) is 0 Å². The standard InChI is InChI=1S/C14H14F2N2OS/c1-14(8-17,9-2-3-9)18-13(19)7-20-12-6-10(15)4-5-11(12)16/h4-6,9H,2-3,7H2,1H3,(H,18,19)/t14-/m0/s1. The van der Waals surface area contributed by atoms with Gasteiger partial charge < -0.3 is 5.32 Å². The fourth-order valence-corrected chi connectivity index (χ4v) is 2.70. The quantitative estimate of drug-likeness (QED) is 0.850. The molecule has 3 nitrogen and oxygen atoms in total. The summed E-state index contributed by atoms with van der Waals surface area (Å²) in [6.07, 6.45) is 1.85. The Labute approximate surface area is 120 Å². The van der Waals surface area contributed by atoms with Crippen molar-refractivity contribution in [3.05, 3.63) is 29.8 Å². The van der Waals surface area contributed by atoms with Gasteiger partial charge in [-0.25, -0.2) is 8.78 Å². The zero-order valence-electron chi connectivity index (χ0n) is 11.0. The van der Waals surface area contributed by atoms with Crippen LogP contribution in [0.1, 0.15) is 19.8 Å². The number of thioether (sulfide) groups is 1. The molecular formula is C14H14F2N2OS. The van der Waals surface area contributed by atoms with Crippen LogP contribution in [0.2, 0.25) is 0 Å². The number of carbonyl (C=O) groups excluding carboxylic acids is 1. The van der Waals surface area contributed by atoms with E-state index in [2.05, 4.69) is 11.4 Å². The van der Waals surface area contributed by atoms with Gasteiger partial charge in [-0.1, -0.05) is 0 Å². The van der Waals surface area contributed by atoms with Crippen LogP contribution in [0.3, 0.4) is 0 Å². The number of amides is 1. The van der Waals surface area contributed by atoms with Gasteiger partial charge in [0.1, 0.15) is 17.2 Å². The zero-order chi connectivity index (χ0) is 14.8. The maximum atomic E-state index is 13.4. The topological polar surface area (TPSA) is 52.9 Å². The number of benzene rings is 1. The van der Waals surface area contributed by atoms with Crippen molar-refractivity contribution in [2.24, 2.45) is 5.92 Å². The Morgan fingerprint density at radius 1 is 1.55 bits per heavy atom. The average molecular weight is 296 g/mol. The highest BCUT2D eigenvalue weighted by atomic mass is 32.2. The van der Waals surface area contributed by atoms with Crippen molar-refractivity contribution in [2.45, 2.75) is 30.2 Å². The molecule has 0 bridgehead atoms. The molecule has 1 atom stereocenters. The number of hydrogen-bond donors (Lipinski definition) is 1. The number of carbonyl (C=O) groups is 1. The molecule has 0 heterocycles. The van der Waals surface area contributed by atoms with Crippen LogP contribution in [0.4, 0.5) is 8.78 Å². The normalized spacial score (nSPS) is 17.1. The predicted molar refractivity (Wildman–Crippen MR) is 72.0 cm³/mol. The minimum Gasteiger partial charge on any atom is -0.337 e. The molecule has 2 rings (SSSR count). The summed E-state index contributed by atoms with van der Waals surface area (Å²) in [5.41, 5.74) is -0.863. The zero-order valence-corrected chi connectivity index (χ0v) is 11.8. The molecule has 0 aromatic heterocycles. The Morgan fingerprint density at radius 3 is 2.85 bits per heavy atom. The average Bonchev–Trinajstić information content (AvgIpc) is 3.24. The summed E-state index contributed by atoms with van der Waals surface area (Å²) in [4.78, 5) is 11.9. The summed E-state index contributed by atoms with van der Waals surface area (Å²) in [5, 5.41) is 11.8. The molecular weight excluding hydrogens is 282 g/mol. The molecule has 6 heteroatoms. The van der Waals surface area contributed by atoms with E-state index in [1.54, 1.807) is 6.92 Å². The lowest BCUT2D eigenvalue weighted by Gasteiger charge is -2.22. The van der Waals surface area contributed by atoms with Crippen LogP contribution in [-0.4, -0.2) is 17.2 Å². The molecule has 1 fully saturated rings. The Kier molecular flexibility index (Phi) is 4.29. The van der Waals surface area contributed by atoms with Crippen molar-refractivity contribution in [3.8, 4) is 6.07 Å². The van der Waals surface area contributed by atoms with E-state index in [0.717, 1.165) is 42.8 Å². The first-order chi connectivity index (χ1) is 9.44. The summed E-state index contributed by atoms with van der Waals surface area (Å²) in [6, 6.07) is 5.22. The van der Waals surface area contributed by atoms with E-state index in [4.69, 9.17) is 5.26 Å². The third-order valence-corrected chi connectivity index (χ3v) is 4.31. The van der Waals surface area contributed by atoms with Gasteiger partial charge in [-0.3, -0.25) is 4.79 Å². The fourth-order valence-electron chi connectivity index (χ4n) is 1.94. The van der Waals surface area contributed by atoms with Gasteiger partial charge in [-0.15, -0.1) is 11.8 Å². The van der Waals surface area contributed by atoms with E-state index in [9.17, 15) is 13.6 Å². The molecule has 0 radical (unpaired) electrons. The second-order valence-electron chi connectivity index (χ2n) is 5.00. The van der Waals surface area contributed by atoms with Gasteiger partial charge in [-0.2, -0.15) is 5.26 Å². The smallest absolute Gasteiger partial charge is 0.231 e. The van der Waals surface area contributed by atoms with Crippen molar-refractivity contribution < 1.29 is 13.6 Å². The highest BCUT2D eigenvalue weighted by Crippen LogP contribution is 2.39. The molecule has 1 amide bonds. The minimum absolute atomic E-state index is 0.0512. The molecule has 1 aromatic carbocycles. The maximum Gasteiger partial charge on any atom is 0.231 e. The van der Waals surface area contributed by atoms with Crippen molar-refractivity contribution in [1.82, 2.24) is 5.32 Å². The number of hydrogen-bond acceptors (Lipinski definition) is 3. The van der Waals surface area contributed by atoms with Crippen LogP contribution < -0.4 is 5.32 Å². The molecule has 1 N–H and O–H groups in total. The minimum atomic E-state index is -0.863. The fraction of sp³-hybridized carbons (Fsp3) is 0.429. The maximum absolute atomic E-state index is 13.4. The second-order valence-corrected chi connectivity index (χ2v) is 6.02. The third-order valence-electron chi connectivity index (χ3n) is 3.28. The largest absolute Gasteiger partial charge is 0.337 e. The van der Waals surface area contributed by atoms with E-state index in [-0.39, 0.29) is 22.5 Å². The Morgan fingerprint density at radius 2 is 2.25 bits per heavy atom. The molecule has 0 saturated heterocycles. The number of halogens is 2. The van der Waals surface area contributed by atoms with E-state index < -0.39 is 17.2 Å². The first kappa shape index (κ1) is 14.8. The lowest BCUT2D eigenvalue weighted by molar-refractivity contribution is -0.119. The van der Waals surface area contributed by atoms with Gasteiger partial charge >= 0.3 is 0 Å². The highest BCUT2D eigenvalue weighted by molar-refractivity contribution is 8.00. The van der Waals surface area contributed by atoms with Gasteiger partial charge in [0.25, 0.3) is 0 Å². The number of rotatable bonds is 5. The molecule has 0 spiro atoms. The summed E-state index contributed by atoms with van der Waals surface area (Å²) < 4.78 is 26.4. The van der Waals surface area contributed by atoms with Crippen LogP contribution >= 0.6 is 11.8 Å². The van der Waals surface area contributed by atoms with E-state index in [1.807, 2.05) is 0 Å². The van der Waals surface area contributed by atoms with E-state index in [0.29, 0.717) is 0 Å². The monoisotopic (exact) mass is 296 g/mol. The molecule has 0 aliphatic heterocycles. The number of nitriles is 1. The molecule has 106 valence electrons. The van der Waals surface area contributed by atoms with Gasteiger partial charge in [-0.05, 0) is 43.9 Å². The summed E-state index contributed by atoms with van der Waals surface area (Å²) >= 11 is 0.916. The molecule has 1 aliphatic rings. The van der Waals surface area contributed by atoms with Gasteiger partial charge in [0, 0.05) is 4.90 Å². The molecule has 1 saturated carbocycles. The highest BCUT2D eigenvalue weighted by Gasteiger charge is 2.42. The van der Waals surface area contributed by atoms with Crippen molar-refractivity contribution in [1.29, 1.82) is 5.26 Å². The second kappa shape index (κ2) is 5.80. The SMILES string of the molecule is C[C@@](C#N)(NC(=O)CSc1cc(F)ccc1F)C1CC1. The van der Waals surface area contributed by atoms with Crippen molar-refractivity contribution >= 4 is 17.7 Å². The Bertz CT molecular complexity index is 569. The lowest BCUT2D eigenvalue weighted by atomic mass is 9.98. The van der Waals surface area contributed by atoms with Crippen LogP contribution in [0.15, 0.2) is 23.1 Å². The van der Waals surface area contributed by atoms with Crippen LogP contribution in [0.25, 0.3) is 0 Å². The van der Waals surface area contributed by atoms with Crippen molar-refractivity contribution in [2.75, 3.05) is 5.75 Å². The first-order valence-electron chi connectivity index (χ1n) is 6.25. The Balaban J connectivity index is 1.92. The van der Waals surface area contributed by atoms with Crippen LogP contribution in [-0.2, 0) is 4.79 Å². The predicted octanol–water partition coefficient (Wildman–Crippen LogP) is 2.87. The van der Waals surface area contributed by atoms with Gasteiger partial charge in [0.15, 0.2) is 0 Å². The Hall–Kier alpha value is -1.61. The summed E-state index contributed by atoms with van der Waals surface area (Å²) in [7, 11) is 0. The van der Waals surface area contributed by atoms with Crippen LogP contribution in [0, 0.1) is 28.9 Å². The van der Waals surface area contributed by atoms with Gasteiger partial charge in [0.05, 0.1) is 11.8 Å². The molecule has 0 unspecified atom stereocenters. The van der Waals surface area contributed by atoms with Gasteiger partial charge in [0.2, 0.25) is 5.91 Å². The van der Waals surface area contributed by atoms with Crippen LogP contribution in [0.5, 0.6) is 0 Å². The molecule has 1 aliphatic carbocycles. The molecule has 1 aromatic rings. The summed E-state index contributed by atoms with van der Waals surface area (Å²) in [6.45, 7) is 1.69. The number of nitrogens with zero attached hydrogens (tertiary/aromatic N) is 1.